The molecule has 2 saturated heterocycles. The summed E-state index contributed by atoms with van der Waals surface area (Å²) in [6.07, 6.45) is 7.10. The molecule has 0 aromatic carbocycles. The molecule has 22 nitrogen and oxygen atoms in total. The van der Waals surface area contributed by atoms with Crippen LogP contribution in [0.15, 0.2) is 12.5 Å². The number of aromatic amines is 1. The van der Waals surface area contributed by atoms with Gasteiger partial charge in [0, 0.05) is 54.6 Å². The second-order valence-corrected chi connectivity index (χ2v) is 18.1. The van der Waals surface area contributed by atoms with Crippen LogP contribution in [-0.4, -0.2) is 129 Å². The number of nitrogens with two attached hydrogens (primary N) is 1. The van der Waals surface area contributed by atoms with Crippen molar-refractivity contribution in [3.8, 4) is 0 Å². The molecule has 1 aromatic heterocycles. The molecule has 0 bridgehead atoms. The van der Waals surface area contributed by atoms with Gasteiger partial charge >= 0.3 is 6.03 Å². The summed E-state index contributed by atoms with van der Waals surface area (Å²) in [7, 11) is 0. The average Bonchev–Trinajstić information content (AvgIpc) is 3.97. The monoisotopic (exact) mass is 906 g/mol. The molecule has 1 aromatic rings. The number of unbranched alkanes of at least 4 members (excludes halogenated alkanes) is 2. The number of urea groups is 1. The summed E-state index contributed by atoms with van der Waals surface area (Å²) in [6.45, 7) is 6.70. The molecule has 2 fully saturated rings. The Hall–Kier alpha value is -5.45. The first-order valence-corrected chi connectivity index (χ1v) is 22.6. The topological polar surface area (TPSA) is 337 Å². The maximum atomic E-state index is 13.7. The van der Waals surface area contributed by atoms with Gasteiger partial charge in [-0.05, 0) is 56.8 Å². The molecule has 7 atom stereocenters. The molecule has 0 saturated carbocycles. The van der Waals surface area contributed by atoms with E-state index in [1.54, 1.807) is 0 Å². The molecule has 0 radical (unpaired) electrons. The number of nitrogens with zero attached hydrogens (tertiary/aromatic N) is 1. The van der Waals surface area contributed by atoms with Gasteiger partial charge in [0.1, 0.15) is 18.1 Å². The Labute approximate surface area is 371 Å². The molecule has 23 heteroatoms. The third-order valence-corrected chi connectivity index (χ3v) is 12.0. The van der Waals surface area contributed by atoms with E-state index in [0.717, 1.165) is 25.0 Å². The Bertz CT molecular complexity index is 1710. The van der Waals surface area contributed by atoms with Crippen molar-refractivity contribution < 1.29 is 48.4 Å². The van der Waals surface area contributed by atoms with Crippen molar-refractivity contribution in [2.45, 2.75) is 134 Å². The van der Waals surface area contributed by atoms with Crippen LogP contribution < -0.4 is 53.7 Å². The van der Waals surface area contributed by atoms with Crippen LogP contribution in [0.3, 0.4) is 0 Å². The maximum Gasteiger partial charge on any atom is 0.315 e. The lowest BCUT2D eigenvalue weighted by Gasteiger charge is -2.26. The van der Waals surface area contributed by atoms with Gasteiger partial charge in [-0.2, -0.15) is 11.8 Å². The molecule has 3 rings (SSSR count). The van der Waals surface area contributed by atoms with Crippen molar-refractivity contribution in [1.29, 1.82) is 0 Å². The summed E-state index contributed by atoms with van der Waals surface area (Å²) in [6, 6.07) is -3.15. The summed E-state index contributed by atoms with van der Waals surface area (Å²) >= 11 is 1.84. The Morgan fingerprint density at radius 2 is 1.51 bits per heavy atom. The van der Waals surface area contributed by atoms with E-state index in [9.17, 15) is 43.2 Å². The van der Waals surface area contributed by atoms with Gasteiger partial charge in [0.05, 0.1) is 31.5 Å². The fourth-order valence-electron chi connectivity index (χ4n) is 7.34. The summed E-state index contributed by atoms with van der Waals surface area (Å²) in [5.41, 5.74) is 7.53. The third-order valence-electron chi connectivity index (χ3n) is 10.5. The highest BCUT2D eigenvalue weighted by atomic mass is 32.2. The van der Waals surface area contributed by atoms with Crippen LogP contribution in [0.5, 0.6) is 0 Å². The zero-order valence-corrected chi connectivity index (χ0v) is 37.3. The first-order valence-electron chi connectivity index (χ1n) is 21.5. The number of carbonyl (C=O) groups excluding carboxylic acids is 9. The van der Waals surface area contributed by atoms with Crippen molar-refractivity contribution in [2.24, 2.45) is 23.5 Å². The Kier molecular flexibility index (Phi) is 22.2. The summed E-state index contributed by atoms with van der Waals surface area (Å²) < 4.78 is 0. The Morgan fingerprint density at radius 1 is 0.794 bits per heavy atom. The highest BCUT2D eigenvalue weighted by molar-refractivity contribution is 8.00. The molecule has 0 spiro atoms. The molecular weight excluding hydrogens is 841 g/mol. The standard InChI is InChI=1S/C40H66N12O10S/c1-22(2)13-24(15-32(54)52-62)37(58)48-28(16-25-17-42-21-46-25)39(60)49-27(14-23(3)4)38(59)45-18-33(55)44-19-34(56)47-26(36(41)57)9-7-8-12-43-31(53)11-6-5-10-30-35-29(20-63-30)50-40(61)51-35/h17,21-24,26-30,35,62H,5-16,18-20H2,1-4H3,(H2,41,57)(H,42,46)(H,43,53)(H,44,55)(H,45,59)(H,47,56)(H,48,58)(H,49,60)(H,52,54)(H2,50,51,61)/t24?,26-,27-,28-,29-,30-,35-/m0/s1. The van der Waals surface area contributed by atoms with Crippen molar-refractivity contribution in [2.75, 3.05) is 25.4 Å². The van der Waals surface area contributed by atoms with Crippen molar-refractivity contribution in [3.05, 3.63) is 18.2 Å². The predicted octanol–water partition coefficient (Wildman–Crippen LogP) is -1.26. The maximum absolute atomic E-state index is 13.7. The zero-order chi connectivity index (χ0) is 46.5. The number of fused-ring (bicyclic) bond motifs is 1. The molecule has 1 unspecified atom stereocenters. The highest BCUT2D eigenvalue weighted by Crippen LogP contribution is 2.33. The van der Waals surface area contributed by atoms with Gasteiger partial charge in [-0.15, -0.1) is 0 Å². The minimum absolute atomic E-state index is 0.00803. The van der Waals surface area contributed by atoms with Gasteiger partial charge in [-0.3, -0.25) is 43.6 Å². The van der Waals surface area contributed by atoms with Crippen LogP contribution in [-0.2, 0) is 44.8 Å². The Balaban J connectivity index is 1.39. The fraction of sp³-hybridized carbons (Fsp3) is 0.700. The SMILES string of the molecule is CC(C)CC(CC(=O)NO)C(=O)N[C@@H](Cc1cnc[nH]1)C(=O)N[C@@H](CC(C)C)C(=O)NCC(=O)NCC(=O)N[C@@H](CCCCNC(=O)CCCC[C@@H]1SC[C@@H]2NC(=O)N[C@@H]21)C(N)=O. The second-order valence-electron chi connectivity index (χ2n) is 16.8. The fourth-order valence-corrected chi connectivity index (χ4v) is 8.88. The quantitative estimate of drug-likeness (QED) is 0.0194. The number of H-pyrrole nitrogens is 1. The second kappa shape index (κ2) is 26.9. The summed E-state index contributed by atoms with van der Waals surface area (Å²) in [5.74, 6) is -5.07. The van der Waals surface area contributed by atoms with Gasteiger partial charge in [-0.1, -0.05) is 34.1 Å². The number of nitrogens with one attached hydrogen (secondary N) is 10. The number of primary amides is 1. The van der Waals surface area contributed by atoms with Crippen LogP contribution in [0.25, 0.3) is 0 Å². The van der Waals surface area contributed by atoms with E-state index < -0.39 is 78.5 Å². The summed E-state index contributed by atoms with van der Waals surface area (Å²) in [5, 5.41) is 30.8. The minimum atomic E-state index is -1.20. The van der Waals surface area contributed by atoms with Crippen LogP contribution in [0.4, 0.5) is 4.79 Å². The largest absolute Gasteiger partial charge is 0.368 e. The van der Waals surface area contributed by atoms with Gasteiger partial charge in [0.15, 0.2) is 0 Å². The molecule has 352 valence electrons. The number of rotatable bonds is 29. The van der Waals surface area contributed by atoms with Crippen LogP contribution in [0.2, 0.25) is 0 Å². The lowest BCUT2D eigenvalue weighted by atomic mass is 9.92. The predicted molar refractivity (Wildman–Crippen MR) is 231 cm³/mol. The first-order chi connectivity index (χ1) is 29.9. The molecule has 63 heavy (non-hydrogen) atoms. The van der Waals surface area contributed by atoms with Gasteiger partial charge in [0.2, 0.25) is 47.3 Å². The number of hydrogen-bond acceptors (Lipinski definition) is 12. The average molecular weight is 907 g/mol. The van der Waals surface area contributed by atoms with Gasteiger partial charge < -0.3 is 53.3 Å². The van der Waals surface area contributed by atoms with E-state index in [0.29, 0.717) is 43.2 Å². The van der Waals surface area contributed by atoms with Crippen LogP contribution in [0, 0.1) is 17.8 Å². The van der Waals surface area contributed by atoms with E-state index in [2.05, 4.69) is 52.5 Å². The van der Waals surface area contributed by atoms with Crippen molar-refractivity contribution >= 4 is 65.1 Å². The molecule has 13 N–H and O–H groups in total. The first kappa shape index (κ1) is 51.9. The van der Waals surface area contributed by atoms with E-state index in [1.807, 2.05) is 39.5 Å². The highest BCUT2D eigenvalue weighted by Gasteiger charge is 2.42. The number of imidazole rings is 1. The Morgan fingerprint density at radius 3 is 2.17 bits per heavy atom. The molecule has 2 aliphatic rings. The number of hydroxylamine groups is 1. The number of thioether (sulfide) groups is 1. The van der Waals surface area contributed by atoms with E-state index in [-0.39, 0.29) is 61.5 Å². The van der Waals surface area contributed by atoms with E-state index >= 15 is 0 Å². The van der Waals surface area contributed by atoms with Crippen molar-refractivity contribution in [1.82, 2.24) is 58.0 Å². The lowest BCUT2D eigenvalue weighted by molar-refractivity contribution is -0.137. The van der Waals surface area contributed by atoms with Gasteiger partial charge in [-0.25, -0.2) is 15.3 Å². The molecule has 0 aliphatic carbocycles. The lowest BCUT2D eigenvalue weighted by Crippen LogP contribution is -2.56. The zero-order valence-electron chi connectivity index (χ0n) is 36.5. The summed E-state index contributed by atoms with van der Waals surface area (Å²) in [4.78, 5) is 120. The minimum Gasteiger partial charge on any atom is -0.368 e. The van der Waals surface area contributed by atoms with E-state index in [1.165, 1.54) is 18.0 Å². The van der Waals surface area contributed by atoms with Crippen LogP contribution >= 0.6 is 11.8 Å². The number of amides is 10. The molecular formula is C40H66N12O10S. The molecule has 2 aliphatic heterocycles. The van der Waals surface area contributed by atoms with Gasteiger partial charge in [0.25, 0.3) is 0 Å². The number of hydrogen-bond donors (Lipinski definition) is 12. The van der Waals surface area contributed by atoms with Crippen LogP contribution in [0.1, 0.15) is 97.6 Å². The third kappa shape index (κ3) is 19.2. The smallest absolute Gasteiger partial charge is 0.315 e. The van der Waals surface area contributed by atoms with Crippen molar-refractivity contribution in [3.63, 3.8) is 0 Å². The number of carbonyl (C=O) groups is 9. The molecule has 10 amide bonds. The number of aromatic nitrogens is 2. The normalized spacial score (nSPS) is 18.5. The molecule has 3 heterocycles. The van der Waals surface area contributed by atoms with E-state index in [4.69, 9.17) is 10.9 Å².